The lowest BCUT2D eigenvalue weighted by Gasteiger charge is -2.03. The molecule has 1 unspecified atom stereocenters. The molecular formula is C11H14ClP. The summed E-state index contributed by atoms with van der Waals surface area (Å²) in [6, 6.07) is 6.21. The minimum Gasteiger partial charge on any atom is -0.0959 e. The first-order valence-corrected chi connectivity index (χ1v) is 5.82. The first-order valence-electron chi connectivity index (χ1n) is 4.24. The van der Waals surface area contributed by atoms with E-state index in [2.05, 4.69) is 25.6 Å². The van der Waals surface area contributed by atoms with Crippen molar-refractivity contribution in [2.75, 3.05) is 0 Å². The van der Waals surface area contributed by atoms with E-state index in [0.717, 1.165) is 25.3 Å². The molecule has 0 saturated heterocycles. The third-order valence-corrected chi connectivity index (χ3v) is 3.43. The Morgan fingerprint density at radius 3 is 2.77 bits per heavy atom. The number of allylic oxidation sites excluding steroid dienone is 1. The standard InChI is InChI=1S/C11H14ClP/c1-8(2)13-7-10-4-5-11(12)9(3)6-10/h4-6,13H,1,7H2,2-3H3. The predicted molar refractivity (Wildman–Crippen MR) is 63.0 cm³/mol. The molecule has 0 radical (unpaired) electrons. The van der Waals surface area contributed by atoms with Crippen molar-refractivity contribution in [2.24, 2.45) is 0 Å². The highest BCUT2D eigenvalue weighted by Gasteiger charge is 1.97. The lowest BCUT2D eigenvalue weighted by molar-refractivity contribution is 1.35. The lowest BCUT2D eigenvalue weighted by atomic mass is 10.2. The highest BCUT2D eigenvalue weighted by atomic mass is 35.5. The highest BCUT2D eigenvalue weighted by molar-refractivity contribution is 7.42. The maximum absolute atomic E-state index is 5.93. The average molecular weight is 213 g/mol. The van der Waals surface area contributed by atoms with Gasteiger partial charge in [-0.05, 0) is 37.2 Å². The maximum Gasteiger partial charge on any atom is 0.0435 e. The zero-order valence-electron chi connectivity index (χ0n) is 8.02. The Balaban J connectivity index is 2.68. The second-order valence-corrected chi connectivity index (χ2v) is 5.19. The van der Waals surface area contributed by atoms with Crippen LogP contribution in [0.1, 0.15) is 18.1 Å². The summed E-state index contributed by atoms with van der Waals surface area (Å²) in [5.74, 6) is 0. The number of rotatable bonds is 3. The number of benzene rings is 1. The van der Waals surface area contributed by atoms with Gasteiger partial charge in [-0.3, -0.25) is 0 Å². The van der Waals surface area contributed by atoms with E-state index in [4.69, 9.17) is 11.6 Å². The molecule has 0 N–H and O–H groups in total. The van der Waals surface area contributed by atoms with E-state index < -0.39 is 0 Å². The second kappa shape index (κ2) is 4.79. The largest absolute Gasteiger partial charge is 0.0959 e. The number of hydrogen-bond acceptors (Lipinski definition) is 0. The first-order chi connectivity index (χ1) is 6.09. The van der Waals surface area contributed by atoms with Crippen LogP contribution in [0.4, 0.5) is 0 Å². The Hall–Kier alpha value is -0.320. The van der Waals surface area contributed by atoms with Gasteiger partial charge >= 0.3 is 0 Å². The van der Waals surface area contributed by atoms with Crippen molar-refractivity contribution in [3.05, 3.63) is 46.2 Å². The molecule has 0 fully saturated rings. The molecule has 1 rings (SSSR count). The van der Waals surface area contributed by atoms with Gasteiger partial charge in [0.2, 0.25) is 0 Å². The van der Waals surface area contributed by atoms with E-state index in [1.165, 1.54) is 10.9 Å². The molecule has 0 aromatic heterocycles. The summed E-state index contributed by atoms with van der Waals surface area (Å²) in [7, 11) is 0.822. The minimum atomic E-state index is 0.822. The molecule has 0 bridgehead atoms. The van der Waals surface area contributed by atoms with Crippen molar-refractivity contribution in [1.29, 1.82) is 0 Å². The Bertz CT molecular complexity index is 318. The molecular weight excluding hydrogens is 199 g/mol. The van der Waals surface area contributed by atoms with Gasteiger partial charge in [0, 0.05) is 5.02 Å². The van der Waals surface area contributed by atoms with Gasteiger partial charge in [0.25, 0.3) is 0 Å². The van der Waals surface area contributed by atoms with Crippen molar-refractivity contribution in [2.45, 2.75) is 20.0 Å². The molecule has 2 heteroatoms. The van der Waals surface area contributed by atoms with Crippen molar-refractivity contribution in [3.8, 4) is 0 Å². The molecule has 0 spiro atoms. The predicted octanol–water partition coefficient (Wildman–Crippen LogP) is 4.36. The van der Waals surface area contributed by atoms with Crippen LogP contribution in [-0.4, -0.2) is 0 Å². The lowest BCUT2D eigenvalue weighted by Crippen LogP contribution is -1.81. The molecule has 1 aromatic carbocycles. The average Bonchev–Trinajstić information content (AvgIpc) is 2.07. The van der Waals surface area contributed by atoms with Crippen LogP contribution in [0.5, 0.6) is 0 Å². The fourth-order valence-electron chi connectivity index (χ4n) is 1.07. The van der Waals surface area contributed by atoms with Crippen LogP contribution in [0.15, 0.2) is 30.1 Å². The van der Waals surface area contributed by atoms with E-state index in [1.807, 2.05) is 13.0 Å². The Kier molecular flexibility index (Phi) is 3.96. The summed E-state index contributed by atoms with van der Waals surface area (Å²) >= 11 is 5.93. The van der Waals surface area contributed by atoms with Crippen molar-refractivity contribution >= 4 is 20.2 Å². The molecule has 0 nitrogen and oxygen atoms in total. The summed E-state index contributed by atoms with van der Waals surface area (Å²) in [5.41, 5.74) is 2.51. The van der Waals surface area contributed by atoms with E-state index in [0.29, 0.717) is 0 Å². The number of aryl methyl sites for hydroxylation is 1. The molecule has 0 aliphatic carbocycles. The Labute approximate surface area is 86.8 Å². The van der Waals surface area contributed by atoms with Crippen molar-refractivity contribution in [1.82, 2.24) is 0 Å². The zero-order chi connectivity index (χ0) is 9.84. The van der Waals surface area contributed by atoms with Crippen molar-refractivity contribution < 1.29 is 0 Å². The molecule has 0 heterocycles. The molecule has 0 aliphatic rings. The van der Waals surface area contributed by atoms with Gasteiger partial charge < -0.3 is 0 Å². The summed E-state index contributed by atoms with van der Waals surface area (Å²) in [6.45, 7) is 8.00. The first kappa shape index (κ1) is 10.8. The van der Waals surface area contributed by atoms with Crippen molar-refractivity contribution in [3.63, 3.8) is 0 Å². The fourth-order valence-corrected chi connectivity index (χ4v) is 1.91. The highest BCUT2D eigenvalue weighted by Crippen LogP contribution is 2.27. The van der Waals surface area contributed by atoms with Gasteiger partial charge in [0.1, 0.15) is 0 Å². The van der Waals surface area contributed by atoms with Crippen LogP contribution in [-0.2, 0) is 6.16 Å². The molecule has 0 aliphatic heterocycles. The third kappa shape index (κ3) is 3.50. The third-order valence-electron chi connectivity index (χ3n) is 1.82. The summed E-state index contributed by atoms with van der Waals surface area (Å²) < 4.78 is 0. The summed E-state index contributed by atoms with van der Waals surface area (Å²) in [6.07, 6.45) is 1.09. The van der Waals surface area contributed by atoms with Crippen LogP contribution in [0, 0.1) is 6.92 Å². The monoisotopic (exact) mass is 212 g/mol. The quantitative estimate of drug-likeness (QED) is 0.653. The van der Waals surface area contributed by atoms with Gasteiger partial charge in [-0.25, -0.2) is 0 Å². The van der Waals surface area contributed by atoms with Gasteiger partial charge in [0.05, 0.1) is 0 Å². The van der Waals surface area contributed by atoms with Crippen LogP contribution >= 0.6 is 20.2 Å². The minimum absolute atomic E-state index is 0.822. The maximum atomic E-state index is 5.93. The van der Waals surface area contributed by atoms with Gasteiger partial charge in [0.15, 0.2) is 0 Å². The molecule has 13 heavy (non-hydrogen) atoms. The number of hydrogen-bond donors (Lipinski definition) is 0. The van der Waals surface area contributed by atoms with Crippen LogP contribution < -0.4 is 0 Å². The van der Waals surface area contributed by atoms with Crippen LogP contribution in [0.3, 0.4) is 0 Å². The summed E-state index contributed by atoms with van der Waals surface area (Å²) in [5, 5.41) is 2.11. The molecule has 0 amide bonds. The second-order valence-electron chi connectivity index (χ2n) is 3.22. The van der Waals surface area contributed by atoms with Gasteiger partial charge in [-0.2, -0.15) is 0 Å². The van der Waals surface area contributed by atoms with Crippen LogP contribution in [0.2, 0.25) is 5.02 Å². The smallest absolute Gasteiger partial charge is 0.0435 e. The Morgan fingerprint density at radius 1 is 1.54 bits per heavy atom. The van der Waals surface area contributed by atoms with E-state index in [1.54, 1.807) is 0 Å². The summed E-state index contributed by atoms with van der Waals surface area (Å²) in [4.78, 5) is 0. The Morgan fingerprint density at radius 2 is 2.23 bits per heavy atom. The van der Waals surface area contributed by atoms with E-state index in [9.17, 15) is 0 Å². The zero-order valence-corrected chi connectivity index (χ0v) is 9.78. The topological polar surface area (TPSA) is 0 Å². The van der Waals surface area contributed by atoms with Crippen LogP contribution in [0.25, 0.3) is 0 Å². The van der Waals surface area contributed by atoms with E-state index in [-0.39, 0.29) is 0 Å². The van der Waals surface area contributed by atoms with Gasteiger partial charge in [-0.15, -0.1) is 0 Å². The SMILES string of the molecule is C=C(C)PCc1ccc(Cl)c(C)c1. The molecule has 70 valence electrons. The molecule has 1 atom stereocenters. The number of halogens is 1. The normalized spacial score (nSPS) is 11.0. The fraction of sp³-hybridized carbons (Fsp3) is 0.273. The van der Waals surface area contributed by atoms with E-state index >= 15 is 0 Å². The molecule has 0 saturated carbocycles. The van der Waals surface area contributed by atoms with Gasteiger partial charge in [-0.1, -0.05) is 44.2 Å². The molecule has 1 aromatic rings.